The summed E-state index contributed by atoms with van der Waals surface area (Å²) in [6, 6.07) is 2.45. The molecule has 98 valence electrons. The minimum Gasteiger partial charge on any atom is -0.480 e. The van der Waals surface area contributed by atoms with E-state index < -0.39 is 23.9 Å². The van der Waals surface area contributed by atoms with E-state index in [9.17, 15) is 14.0 Å². The summed E-state index contributed by atoms with van der Waals surface area (Å²) in [6.07, 6.45) is 0. The Kier molecular flexibility index (Phi) is 4.25. The Morgan fingerprint density at radius 1 is 1.44 bits per heavy atom. The number of nitrogens with zero attached hydrogens (tertiary/aromatic N) is 1. The number of nitrogens with one attached hydrogen (secondary N) is 1. The zero-order valence-electron chi connectivity index (χ0n) is 10.4. The van der Waals surface area contributed by atoms with Crippen molar-refractivity contribution >= 4 is 17.7 Å². The Bertz CT molecular complexity index is 476. The Morgan fingerprint density at radius 2 is 2.06 bits per heavy atom. The van der Waals surface area contributed by atoms with E-state index in [0.717, 1.165) is 4.90 Å². The highest BCUT2D eigenvalue weighted by Gasteiger charge is 2.21. The number of aryl methyl sites for hydroxylation is 1. The maximum atomic E-state index is 13.0. The maximum Gasteiger partial charge on any atom is 0.326 e. The molecule has 2 N–H and O–H groups in total. The third-order valence-electron chi connectivity index (χ3n) is 2.70. The van der Waals surface area contributed by atoms with Crippen molar-refractivity contribution in [3.63, 3.8) is 0 Å². The minimum absolute atomic E-state index is 0.324. The van der Waals surface area contributed by atoms with Gasteiger partial charge in [-0.05, 0) is 31.5 Å². The van der Waals surface area contributed by atoms with Crippen molar-refractivity contribution in [3.05, 3.63) is 29.6 Å². The average molecular weight is 254 g/mol. The van der Waals surface area contributed by atoms with Crippen LogP contribution >= 0.6 is 0 Å². The molecule has 1 unspecified atom stereocenters. The molecule has 5 nitrogen and oxygen atoms in total. The van der Waals surface area contributed by atoms with Gasteiger partial charge >= 0.3 is 12.0 Å². The summed E-state index contributed by atoms with van der Waals surface area (Å²) in [5.74, 6) is -1.58. The number of halogens is 1. The molecule has 0 bridgehead atoms. The lowest BCUT2D eigenvalue weighted by Crippen LogP contribution is -2.42. The van der Waals surface area contributed by atoms with Gasteiger partial charge in [-0.3, -0.25) is 0 Å². The smallest absolute Gasteiger partial charge is 0.326 e. The molecule has 0 aliphatic rings. The Hall–Kier alpha value is -2.11. The second kappa shape index (κ2) is 5.48. The highest BCUT2D eigenvalue weighted by Crippen LogP contribution is 2.16. The zero-order chi connectivity index (χ0) is 13.9. The number of hydrogen-bond donors (Lipinski definition) is 2. The number of hydrogen-bond acceptors (Lipinski definition) is 2. The summed E-state index contributed by atoms with van der Waals surface area (Å²) >= 11 is 0. The lowest BCUT2D eigenvalue weighted by molar-refractivity contribution is -0.141. The maximum absolute atomic E-state index is 13.0. The van der Waals surface area contributed by atoms with Gasteiger partial charge in [0.05, 0.1) is 0 Å². The molecule has 0 saturated heterocycles. The molecule has 1 atom stereocenters. The van der Waals surface area contributed by atoms with Crippen LogP contribution in [0.1, 0.15) is 12.5 Å². The van der Waals surface area contributed by atoms with Gasteiger partial charge in [0.15, 0.2) is 0 Å². The molecule has 1 aromatic rings. The summed E-state index contributed by atoms with van der Waals surface area (Å²) in [7, 11) is 1.36. The van der Waals surface area contributed by atoms with Gasteiger partial charge in [0, 0.05) is 12.7 Å². The first-order chi connectivity index (χ1) is 8.32. The number of carboxylic acid groups (broad SMARTS) is 1. The van der Waals surface area contributed by atoms with E-state index in [1.165, 1.54) is 32.2 Å². The van der Waals surface area contributed by atoms with Crippen LogP contribution in [0.25, 0.3) is 0 Å². The van der Waals surface area contributed by atoms with Crippen molar-refractivity contribution in [1.29, 1.82) is 0 Å². The largest absolute Gasteiger partial charge is 0.480 e. The molecule has 18 heavy (non-hydrogen) atoms. The van der Waals surface area contributed by atoms with Gasteiger partial charge in [-0.1, -0.05) is 6.07 Å². The van der Waals surface area contributed by atoms with Crippen LogP contribution in [0.15, 0.2) is 18.2 Å². The number of carbonyl (C=O) groups is 2. The van der Waals surface area contributed by atoms with Crippen LogP contribution in [0.3, 0.4) is 0 Å². The van der Waals surface area contributed by atoms with Gasteiger partial charge in [0.1, 0.15) is 11.9 Å². The predicted molar refractivity (Wildman–Crippen MR) is 65.0 cm³/mol. The van der Waals surface area contributed by atoms with Gasteiger partial charge in [0.25, 0.3) is 0 Å². The Morgan fingerprint density at radius 3 is 2.61 bits per heavy atom. The average Bonchev–Trinajstić information content (AvgIpc) is 2.31. The molecule has 0 aliphatic heterocycles. The number of carbonyl (C=O) groups excluding carboxylic acids is 1. The van der Waals surface area contributed by atoms with Crippen molar-refractivity contribution < 1.29 is 19.1 Å². The fraction of sp³-hybridized carbons (Fsp3) is 0.333. The number of carboxylic acids is 1. The summed E-state index contributed by atoms with van der Waals surface area (Å²) in [5.41, 5.74) is 1.02. The third kappa shape index (κ3) is 3.19. The number of aliphatic carboxylic acids is 1. The van der Waals surface area contributed by atoms with E-state index in [4.69, 9.17) is 5.11 Å². The first kappa shape index (κ1) is 14.0. The molecule has 0 aliphatic carbocycles. The molecule has 0 saturated carbocycles. The first-order valence-electron chi connectivity index (χ1n) is 5.35. The van der Waals surface area contributed by atoms with Crippen molar-refractivity contribution in [2.75, 3.05) is 12.4 Å². The van der Waals surface area contributed by atoms with Crippen LogP contribution in [-0.2, 0) is 4.79 Å². The number of likely N-dealkylation sites (N-methyl/N-ethyl adjacent to an activating group) is 1. The monoisotopic (exact) mass is 254 g/mol. The topological polar surface area (TPSA) is 69.6 Å². The summed E-state index contributed by atoms with van der Waals surface area (Å²) in [6.45, 7) is 3.11. The molecule has 0 spiro atoms. The normalized spacial score (nSPS) is 11.8. The van der Waals surface area contributed by atoms with E-state index in [-0.39, 0.29) is 0 Å². The van der Waals surface area contributed by atoms with E-state index in [2.05, 4.69) is 5.32 Å². The van der Waals surface area contributed by atoms with Crippen molar-refractivity contribution in [1.82, 2.24) is 4.90 Å². The molecule has 6 heteroatoms. The second-order valence-electron chi connectivity index (χ2n) is 4.01. The molecule has 1 rings (SSSR count). The molecular weight excluding hydrogens is 239 g/mol. The van der Waals surface area contributed by atoms with Crippen LogP contribution < -0.4 is 5.32 Å². The van der Waals surface area contributed by atoms with Crippen LogP contribution in [0.2, 0.25) is 0 Å². The van der Waals surface area contributed by atoms with Crippen molar-refractivity contribution in [3.8, 4) is 0 Å². The number of amides is 2. The van der Waals surface area contributed by atoms with E-state index >= 15 is 0 Å². The second-order valence-corrected chi connectivity index (χ2v) is 4.01. The molecular formula is C12H15FN2O3. The molecule has 0 radical (unpaired) electrons. The number of rotatable bonds is 3. The van der Waals surface area contributed by atoms with Gasteiger partial charge < -0.3 is 15.3 Å². The number of urea groups is 1. The minimum atomic E-state index is -1.11. The van der Waals surface area contributed by atoms with E-state index in [1.807, 2.05) is 0 Å². The number of benzene rings is 1. The summed E-state index contributed by atoms with van der Waals surface area (Å²) < 4.78 is 13.0. The quantitative estimate of drug-likeness (QED) is 0.867. The van der Waals surface area contributed by atoms with E-state index in [1.54, 1.807) is 6.92 Å². The van der Waals surface area contributed by atoms with Crippen LogP contribution in [0.4, 0.5) is 14.9 Å². The van der Waals surface area contributed by atoms with Crippen molar-refractivity contribution in [2.45, 2.75) is 19.9 Å². The SMILES string of the molecule is Cc1ccc(F)cc1NC(=O)N(C)C(C)C(=O)O. The lowest BCUT2D eigenvalue weighted by Gasteiger charge is -2.22. The summed E-state index contributed by atoms with van der Waals surface area (Å²) in [4.78, 5) is 23.5. The van der Waals surface area contributed by atoms with Gasteiger partial charge in [0.2, 0.25) is 0 Å². The Labute approximate surface area is 104 Å². The fourth-order valence-corrected chi connectivity index (χ4v) is 1.27. The van der Waals surface area contributed by atoms with Gasteiger partial charge in [-0.25, -0.2) is 14.0 Å². The fourth-order valence-electron chi connectivity index (χ4n) is 1.27. The lowest BCUT2D eigenvalue weighted by atomic mass is 10.2. The highest BCUT2D eigenvalue weighted by atomic mass is 19.1. The third-order valence-corrected chi connectivity index (χ3v) is 2.70. The molecule has 2 amide bonds. The van der Waals surface area contributed by atoms with Crippen molar-refractivity contribution in [2.24, 2.45) is 0 Å². The summed E-state index contributed by atoms with van der Waals surface area (Å²) in [5, 5.41) is 11.3. The van der Waals surface area contributed by atoms with Crippen LogP contribution in [0, 0.1) is 12.7 Å². The van der Waals surface area contributed by atoms with E-state index in [0.29, 0.717) is 11.3 Å². The molecule has 1 aromatic carbocycles. The van der Waals surface area contributed by atoms with Crippen LogP contribution in [0.5, 0.6) is 0 Å². The van der Waals surface area contributed by atoms with Gasteiger partial charge in [-0.15, -0.1) is 0 Å². The first-order valence-corrected chi connectivity index (χ1v) is 5.35. The molecule has 0 heterocycles. The number of anilines is 1. The highest BCUT2D eigenvalue weighted by molar-refractivity contribution is 5.92. The molecule has 0 aromatic heterocycles. The zero-order valence-corrected chi connectivity index (χ0v) is 10.4. The predicted octanol–water partition coefficient (Wildman–Crippen LogP) is 2.07. The van der Waals surface area contributed by atoms with Crippen LogP contribution in [-0.4, -0.2) is 35.1 Å². The molecule has 0 fully saturated rings. The Balaban J connectivity index is 2.81. The van der Waals surface area contributed by atoms with Gasteiger partial charge in [-0.2, -0.15) is 0 Å². The standard InChI is InChI=1S/C12H15FN2O3/c1-7-4-5-9(13)6-10(7)14-12(18)15(3)8(2)11(16)17/h4-6,8H,1-3H3,(H,14,18)(H,16,17).